The molecule has 1 unspecified atom stereocenters. The Hall–Kier alpha value is -0.810. The lowest BCUT2D eigenvalue weighted by molar-refractivity contribution is 0.609. The van der Waals surface area contributed by atoms with E-state index in [4.69, 9.17) is 0 Å². The van der Waals surface area contributed by atoms with Crippen LogP contribution in [0, 0.1) is 5.82 Å². The van der Waals surface area contributed by atoms with Gasteiger partial charge in [0.05, 0.1) is 6.20 Å². The molecule has 1 aliphatic carbocycles. The summed E-state index contributed by atoms with van der Waals surface area (Å²) in [6.07, 6.45) is 3.83. The Kier molecular flexibility index (Phi) is 3.93. The molecule has 3 nitrogen and oxygen atoms in total. The Morgan fingerprint density at radius 3 is 3.11 bits per heavy atom. The zero-order valence-electron chi connectivity index (χ0n) is 11.2. The number of hydrogen-bond donors (Lipinski definition) is 1. The highest BCUT2D eigenvalue weighted by molar-refractivity contribution is 8.00. The highest BCUT2D eigenvalue weighted by atomic mass is 32.2. The predicted octanol–water partition coefficient (Wildman–Crippen LogP) is 2.41. The number of nitrogens with one attached hydrogen (secondary N) is 1. The lowest BCUT2D eigenvalue weighted by Crippen LogP contribution is -2.38. The molecule has 1 aromatic rings. The lowest BCUT2D eigenvalue weighted by Gasteiger charge is -2.32. The Balaban J connectivity index is 1.77. The number of thioether (sulfide) groups is 1. The molecule has 19 heavy (non-hydrogen) atoms. The van der Waals surface area contributed by atoms with E-state index in [1.807, 2.05) is 11.8 Å². The zero-order chi connectivity index (χ0) is 13.2. The first-order valence-electron chi connectivity index (χ1n) is 6.97. The maximum absolute atomic E-state index is 13.4. The molecule has 1 atom stereocenters. The second-order valence-corrected chi connectivity index (χ2v) is 6.97. The molecule has 2 aliphatic rings. The van der Waals surface area contributed by atoms with Gasteiger partial charge in [0.15, 0.2) is 0 Å². The van der Waals surface area contributed by atoms with Crippen LogP contribution >= 0.6 is 11.8 Å². The van der Waals surface area contributed by atoms with Crippen molar-refractivity contribution in [1.29, 1.82) is 0 Å². The molecule has 0 spiro atoms. The second-order valence-electron chi connectivity index (χ2n) is 5.42. The number of hydrogen-bond acceptors (Lipinski definition) is 4. The molecule has 2 fully saturated rings. The monoisotopic (exact) mass is 281 g/mol. The number of anilines is 1. The summed E-state index contributed by atoms with van der Waals surface area (Å²) in [6, 6.07) is 2.26. The summed E-state index contributed by atoms with van der Waals surface area (Å²) in [4.78, 5) is 6.63. The number of nitrogens with zero attached hydrogens (tertiary/aromatic N) is 2. The van der Waals surface area contributed by atoms with Crippen LogP contribution in [-0.2, 0) is 6.54 Å². The van der Waals surface area contributed by atoms with E-state index < -0.39 is 0 Å². The minimum absolute atomic E-state index is 0.240. The van der Waals surface area contributed by atoms with E-state index in [9.17, 15) is 4.39 Å². The van der Waals surface area contributed by atoms with Gasteiger partial charge in [-0.2, -0.15) is 11.8 Å². The van der Waals surface area contributed by atoms with Crippen LogP contribution in [-0.4, -0.2) is 35.1 Å². The largest absolute Gasteiger partial charge is 0.354 e. The van der Waals surface area contributed by atoms with Crippen molar-refractivity contribution in [3.8, 4) is 0 Å². The number of halogens is 1. The van der Waals surface area contributed by atoms with Crippen LogP contribution in [0.3, 0.4) is 0 Å². The third-order valence-corrected chi connectivity index (χ3v) is 4.75. The quantitative estimate of drug-likeness (QED) is 0.917. The molecule has 0 aromatic carbocycles. The maximum Gasteiger partial charge on any atom is 0.141 e. The smallest absolute Gasteiger partial charge is 0.141 e. The van der Waals surface area contributed by atoms with Crippen molar-refractivity contribution in [3.05, 3.63) is 23.6 Å². The van der Waals surface area contributed by atoms with Crippen LogP contribution in [0.15, 0.2) is 12.3 Å². The van der Waals surface area contributed by atoms with Crippen molar-refractivity contribution in [2.75, 3.05) is 23.7 Å². The van der Waals surface area contributed by atoms with Crippen molar-refractivity contribution < 1.29 is 4.39 Å². The lowest BCUT2D eigenvalue weighted by atomic mass is 10.2. The maximum atomic E-state index is 13.4. The van der Waals surface area contributed by atoms with Gasteiger partial charge in [0.1, 0.15) is 11.6 Å². The third-order valence-electron chi connectivity index (χ3n) is 3.61. The highest BCUT2D eigenvalue weighted by Gasteiger charge is 2.23. The minimum atomic E-state index is -0.240. The van der Waals surface area contributed by atoms with Crippen molar-refractivity contribution in [1.82, 2.24) is 10.3 Å². The summed E-state index contributed by atoms with van der Waals surface area (Å²) in [5.74, 6) is 1.84. The first kappa shape index (κ1) is 13.2. The first-order chi connectivity index (χ1) is 9.22. The Bertz CT molecular complexity index is 450. The van der Waals surface area contributed by atoms with Gasteiger partial charge < -0.3 is 10.2 Å². The fraction of sp³-hybridized carbons (Fsp3) is 0.643. The van der Waals surface area contributed by atoms with E-state index >= 15 is 0 Å². The van der Waals surface area contributed by atoms with Gasteiger partial charge in [0, 0.05) is 42.2 Å². The van der Waals surface area contributed by atoms with Gasteiger partial charge in [0.25, 0.3) is 0 Å². The molecule has 0 bridgehead atoms. The molecular weight excluding hydrogens is 261 g/mol. The van der Waals surface area contributed by atoms with Crippen LogP contribution in [0.1, 0.15) is 25.3 Å². The number of rotatable bonds is 4. The normalized spacial score (nSPS) is 23.7. The van der Waals surface area contributed by atoms with Gasteiger partial charge in [-0.15, -0.1) is 0 Å². The first-order valence-corrected chi connectivity index (χ1v) is 8.01. The Morgan fingerprint density at radius 1 is 1.53 bits per heavy atom. The average Bonchev–Trinajstić information content (AvgIpc) is 3.20. The van der Waals surface area contributed by atoms with E-state index in [2.05, 4.69) is 22.1 Å². The van der Waals surface area contributed by atoms with Crippen LogP contribution in [0.2, 0.25) is 0 Å². The van der Waals surface area contributed by atoms with Crippen LogP contribution in [0.25, 0.3) is 0 Å². The van der Waals surface area contributed by atoms with E-state index in [1.54, 1.807) is 6.07 Å². The third kappa shape index (κ3) is 3.39. The molecule has 104 valence electrons. The number of pyridine rings is 1. The van der Waals surface area contributed by atoms with Crippen molar-refractivity contribution in [2.24, 2.45) is 0 Å². The average molecular weight is 281 g/mol. The summed E-state index contributed by atoms with van der Waals surface area (Å²) in [5, 5.41) is 4.07. The minimum Gasteiger partial charge on any atom is -0.354 e. The van der Waals surface area contributed by atoms with Gasteiger partial charge in [0.2, 0.25) is 0 Å². The summed E-state index contributed by atoms with van der Waals surface area (Å²) in [6.45, 7) is 4.97. The van der Waals surface area contributed by atoms with Gasteiger partial charge >= 0.3 is 0 Å². The van der Waals surface area contributed by atoms with Gasteiger partial charge in [-0.25, -0.2) is 9.37 Å². The summed E-state index contributed by atoms with van der Waals surface area (Å²) in [7, 11) is 0. The van der Waals surface area contributed by atoms with E-state index in [0.29, 0.717) is 11.3 Å². The summed E-state index contributed by atoms with van der Waals surface area (Å²) < 4.78 is 13.4. The summed E-state index contributed by atoms with van der Waals surface area (Å²) in [5.41, 5.74) is 0.992. The van der Waals surface area contributed by atoms with E-state index in [-0.39, 0.29) is 5.82 Å². The number of aromatic nitrogens is 1. The standard InChI is InChI=1S/C14H20FN3S/c1-10-9-18(4-5-19-10)14-11(6-12(15)8-17-14)7-16-13-2-3-13/h6,8,10,13,16H,2-5,7,9H2,1H3. The van der Waals surface area contributed by atoms with Crippen molar-refractivity contribution in [3.63, 3.8) is 0 Å². The molecule has 0 radical (unpaired) electrons. The molecule has 1 aliphatic heterocycles. The molecule has 5 heteroatoms. The van der Waals surface area contributed by atoms with Crippen molar-refractivity contribution >= 4 is 17.6 Å². The van der Waals surface area contributed by atoms with Crippen molar-refractivity contribution in [2.45, 2.75) is 37.6 Å². The second kappa shape index (κ2) is 5.67. The van der Waals surface area contributed by atoms with Gasteiger partial charge in [-0.05, 0) is 18.9 Å². The zero-order valence-corrected chi connectivity index (χ0v) is 12.0. The SMILES string of the molecule is CC1CN(c2ncc(F)cc2CNC2CC2)CCS1. The van der Waals surface area contributed by atoms with Gasteiger partial charge in [-0.1, -0.05) is 6.92 Å². The molecule has 1 saturated heterocycles. The molecule has 1 saturated carbocycles. The van der Waals surface area contributed by atoms with E-state index in [0.717, 1.165) is 36.8 Å². The molecule has 0 amide bonds. The van der Waals surface area contributed by atoms with Gasteiger partial charge in [-0.3, -0.25) is 0 Å². The molecule has 2 heterocycles. The Labute approximate surface area is 118 Å². The predicted molar refractivity (Wildman–Crippen MR) is 78.2 cm³/mol. The van der Waals surface area contributed by atoms with E-state index in [1.165, 1.54) is 19.0 Å². The molecular formula is C14H20FN3S. The fourth-order valence-electron chi connectivity index (χ4n) is 2.44. The Morgan fingerprint density at radius 2 is 2.37 bits per heavy atom. The van der Waals surface area contributed by atoms with Crippen LogP contribution in [0.5, 0.6) is 0 Å². The van der Waals surface area contributed by atoms with Crippen LogP contribution < -0.4 is 10.2 Å². The molecule has 1 N–H and O–H groups in total. The van der Waals surface area contributed by atoms with Crippen LogP contribution in [0.4, 0.5) is 10.2 Å². The topological polar surface area (TPSA) is 28.2 Å². The summed E-state index contributed by atoms with van der Waals surface area (Å²) >= 11 is 1.99. The molecule has 3 rings (SSSR count). The fourth-order valence-corrected chi connectivity index (χ4v) is 3.45. The highest BCUT2D eigenvalue weighted by Crippen LogP contribution is 2.26. The molecule has 1 aromatic heterocycles.